The van der Waals surface area contributed by atoms with E-state index >= 15 is 0 Å². The SMILES string of the molecule is CCCCNc1ncc2c(-c3ccc(N4CCN(C)CC4)cc3)cn(C3CCC(O)CC3)c2n1. The van der Waals surface area contributed by atoms with Gasteiger partial charge >= 0.3 is 0 Å². The van der Waals surface area contributed by atoms with Crippen LogP contribution >= 0.6 is 0 Å². The molecule has 2 fully saturated rings. The van der Waals surface area contributed by atoms with Crippen molar-refractivity contribution in [2.24, 2.45) is 0 Å². The monoisotopic (exact) mass is 462 g/mol. The molecule has 7 nitrogen and oxygen atoms in total. The summed E-state index contributed by atoms with van der Waals surface area (Å²) in [4.78, 5) is 14.5. The Morgan fingerprint density at radius 1 is 1.03 bits per heavy atom. The van der Waals surface area contributed by atoms with Crippen LogP contribution < -0.4 is 10.2 Å². The number of rotatable bonds is 7. The van der Waals surface area contributed by atoms with Crippen molar-refractivity contribution in [2.75, 3.05) is 50.0 Å². The Kier molecular flexibility index (Phi) is 7.02. The normalized spacial score (nSPS) is 21.8. The van der Waals surface area contributed by atoms with Crippen LogP contribution in [0, 0.1) is 0 Å². The molecule has 0 amide bonds. The van der Waals surface area contributed by atoms with E-state index in [1.54, 1.807) is 0 Å². The molecule has 1 aliphatic carbocycles. The van der Waals surface area contributed by atoms with Gasteiger partial charge < -0.3 is 24.8 Å². The molecule has 0 radical (unpaired) electrons. The number of unbranched alkanes of at least 4 members (excludes halogenated alkanes) is 1. The lowest BCUT2D eigenvalue weighted by Crippen LogP contribution is -2.44. The maximum absolute atomic E-state index is 10.0. The van der Waals surface area contributed by atoms with Crippen LogP contribution in [0.4, 0.5) is 11.6 Å². The molecule has 2 N–H and O–H groups in total. The topological polar surface area (TPSA) is 69.5 Å². The van der Waals surface area contributed by atoms with Gasteiger partial charge in [-0.2, -0.15) is 4.98 Å². The number of hydrogen-bond acceptors (Lipinski definition) is 6. The van der Waals surface area contributed by atoms with Crippen LogP contribution in [0.3, 0.4) is 0 Å². The highest BCUT2D eigenvalue weighted by Gasteiger charge is 2.24. The molecule has 0 spiro atoms. The van der Waals surface area contributed by atoms with E-state index in [9.17, 15) is 5.11 Å². The fraction of sp³-hybridized carbons (Fsp3) is 0.556. The number of likely N-dealkylation sites (N-methyl/N-ethyl adjacent to an activating group) is 1. The van der Waals surface area contributed by atoms with Crippen molar-refractivity contribution >= 4 is 22.7 Å². The van der Waals surface area contributed by atoms with Crippen LogP contribution in [0.25, 0.3) is 22.2 Å². The van der Waals surface area contributed by atoms with Crippen LogP contribution in [0.5, 0.6) is 0 Å². The minimum atomic E-state index is -0.166. The van der Waals surface area contributed by atoms with Gasteiger partial charge in [0.1, 0.15) is 5.65 Å². The highest BCUT2D eigenvalue weighted by Crippen LogP contribution is 2.37. The van der Waals surface area contributed by atoms with Crippen molar-refractivity contribution in [3.05, 3.63) is 36.7 Å². The minimum Gasteiger partial charge on any atom is -0.393 e. The maximum atomic E-state index is 10.0. The predicted octanol–water partition coefficient (Wildman–Crippen LogP) is 4.54. The molecule has 182 valence electrons. The fourth-order valence-electron chi connectivity index (χ4n) is 5.25. The van der Waals surface area contributed by atoms with Gasteiger partial charge in [-0.25, -0.2) is 4.98 Å². The Hall–Kier alpha value is -2.64. The van der Waals surface area contributed by atoms with Gasteiger partial charge in [0.05, 0.1) is 6.10 Å². The van der Waals surface area contributed by atoms with Gasteiger partial charge in [-0.15, -0.1) is 0 Å². The van der Waals surface area contributed by atoms with Crippen LogP contribution in [0.15, 0.2) is 36.7 Å². The summed E-state index contributed by atoms with van der Waals surface area (Å²) in [6.07, 6.45) is 10.00. The molecule has 3 heterocycles. The lowest BCUT2D eigenvalue weighted by atomic mass is 9.93. The van der Waals surface area contributed by atoms with Crippen LogP contribution in [0.1, 0.15) is 51.5 Å². The Morgan fingerprint density at radius 2 is 1.76 bits per heavy atom. The standard InChI is InChI=1S/C27H38N6O/c1-3-4-13-28-27-29-18-24-25(19-33(26(24)30-27)22-9-11-23(34)12-10-22)20-5-7-21(8-6-20)32-16-14-31(2)15-17-32/h5-8,18-19,22-23,34H,3-4,9-17H2,1-2H3,(H,28,29,30). The quantitative estimate of drug-likeness (QED) is 0.503. The summed E-state index contributed by atoms with van der Waals surface area (Å²) in [5.74, 6) is 0.702. The van der Waals surface area contributed by atoms with Gasteiger partial charge in [0.15, 0.2) is 0 Å². The summed E-state index contributed by atoms with van der Waals surface area (Å²) in [5, 5.41) is 14.5. The molecular weight excluding hydrogens is 424 g/mol. The van der Waals surface area contributed by atoms with E-state index < -0.39 is 0 Å². The Bertz CT molecular complexity index is 1080. The average Bonchev–Trinajstić information content (AvgIpc) is 3.24. The van der Waals surface area contributed by atoms with Crippen molar-refractivity contribution in [2.45, 2.75) is 57.6 Å². The summed E-state index contributed by atoms with van der Waals surface area (Å²) in [6.45, 7) is 7.44. The number of nitrogens with one attached hydrogen (secondary N) is 1. The Balaban J connectivity index is 1.46. The smallest absolute Gasteiger partial charge is 0.224 e. The highest BCUT2D eigenvalue weighted by atomic mass is 16.3. The number of hydrogen-bond donors (Lipinski definition) is 2. The maximum Gasteiger partial charge on any atom is 0.224 e. The van der Waals surface area contributed by atoms with Crippen molar-refractivity contribution in [1.29, 1.82) is 0 Å². The van der Waals surface area contributed by atoms with E-state index in [0.29, 0.717) is 12.0 Å². The second kappa shape index (κ2) is 10.3. The molecule has 1 saturated heterocycles. The van der Waals surface area contributed by atoms with Crippen LogP contribution in [-0.4, -0.2) is 70.4 Å². The number of aromatic nitrogens is 3. The van der Waals surface area contributed by atoms with Crippen LogP contribution in [0.2, 0.25) is 0 Å². The summed E-state index contributed by atoms with van der Waals surface area (Å²) in [7, 11) is 2.19. The number of aliphatic hydroxyl groups is 1. The number of nitrogens with zero attached hydrogens (tertiary/aromatic N) is 5. The molecule has 0 atom stereocenters. The minimum absolute atomic E-state index is 0.166. The molecule has 1 aliphatic heterocycles. The van der Waals surface area contributed by atoms with E-state index in [0.717, 1.165) is 82.3 Å². The average molecular weight is 463 g/mol. The lowest BCUT2D eigenvalue weighted by Gasteiger charge is -2.34. The Labute approximate surface area is 202 Å². The number of piperazine rings is 1. The molecule has 0 bridgehead atoms. The van der Waals surface area contributed by atoms with Gasteiger partial charge in [0.2, 0.25) is 5.95 Å². The van der Waals surface area contributed by atoms with Gasteiger partial charge in [-0.3, -0.25) is 0 Å². The number of anilines is 2. The highest BCUT2D eigenvalue weighted by molar-refractivity contribution is 5.94. The van der Waals surface area contributed by atoms with Gasteiger partial charge in [-0.05, 0) is 56.8 Å². The number of benzene rings is 1. The van der Waals surface area contributed by atoms with Crippen LogP contribution in [-0.2, 0) is 0 Å². The van der Waals surface area contributed by atoms with E-state index in [1.807, 2.05) is 6.20 Å². The largest absolute Gasteiger partial charge is 0.393 e. The molecule has 3 aromatic rings. The van der Waals surface area contributed by atoms with E-state index in [2.05, 4.69) is 69.1 Å². The van der Waals surface area contributed by atoms with Crippen molar-refractivity contribution < 1.29 is 5.11 Å². The van der Waals surface area contributed by atoms with Gasteiger partial charge in [0, 0.05) is 67.8 Å². The zero-order chi connectivity index (χ0) is 23.5. The van der Waals surface area contributed by atoms with Crippen molar-refractivity contribution in [3.8, 4) is 11.1 Å². The zero-order valence-electron chi connectivity index (χ0n) is 20.6. The van der Waals surface area contributed by atoms with Gasteiger partial charge in [0.25, 0.3) is 0 Å². The molecule has 5 rings (SSSR count). The first-order valence-corrected chi connectivity index (χ1v) is 13.0. The lowest BCUT2D eigenvalue weighted by molar-refractivity contribution is 0.111. The molecule has 2 aliphatic rings. The van der Waals surface area contributed by atoms with Crippen molar-refractivity contribution in [3.63, 3.8) is 0 Å². The summed E-state index contributed by atoms with van der Waals surface area (Å²) in [5.41, 5.74) is 4.67. The molecule has 7 heteroatoms. The molecule has 2 aromatic heterocycles. The summed E-state index contributed by atoms with van der Waals surface area (Å²) < 4.78 is 2.34. The molecular formula is C27H38N6O. The van der Waals surface area contributed by atoms with E-state index in [-0.39, 0.29) is 6.10 Å². The first kappa shape index (κ1) is 23.1. The van der Waals surface area contributed by atoms with Gasteiger partial charge in [-0.1, -0.05) is 25.5 Å². The second-order valence-electron chi connectivity index (χ2n) is 9.96. The van der Waals surface area contributed by atoms with E-state index in [4.69, 9.17) is 4.98 Å². The third-order valence-electron chi connectivity index (χ3n) is 7.49. The number of aliphatic hydroxyl groups excluding tert-OH is 1. The molecule has 0 unspecified atom stereocenters. The summed E-state index contributed by atoms with van der Waals surface area (Å²) >= 11 is 0. The Morgan fingerprint density at radius 3 is 2.47 bits per heavy atom. The zero-order valence-corrected chi connectivity index (χ0v) is 20.6. The van der Waals surface area contributed by atoms with E-state index in [1.165, 1.54) is 16.8 Å². The predicted molar refractivity (Wildman–Crippen MR) is 140 cm³/mol. The first-order chi connectivity index (χ1) is 16.6. The third kappa shape index (κ3) is 4.91. The van der Waals surface area contributed by atoms with Crippen molar-refractivity contribution in [1.82, 2.24) is 19.4 Å². The fourth-order valence-corrected chi connectivity index (χ4v) is 5.25. The second-order valence-corrected chi connectivity index (χ2v) is 9.96. The molecule has 1 aromatic carbocycles. The first-order valence-electron chi connectivity index (χ1n) is 13.0. The summed E-state index contributed by atoms with van der Waals surface area (Å²) in [6, 6.07) is 9.35. The number of fused-ring (bicyclic) bond motifs is 1. The molecule has 1 saturated carbocycles. The molecule has 34 heavy (non-hydrogen) atoms. The third-order valence-corrected chi connectivity index (χ3v) is 7.49.